The minimum Gasteiger partial charge on any atom is -0.324 e. The van der Waals surface area contributed by atoms with Crippen LogP contribution in [-0.2, 0) is 6.54 Å². The summed E-state index contributed by atoms with van der Waals surface area (Å²) in [6.07, 6.45) is 6.29. The molecule has 0 saturated carbocycles. The van der Waals surface area contributed by atoms with Gasteiger partial charge in [0.1, 0.15) is 5.82 Å². The van der Waals surface area contributed by atoms with Crippen molar-refractivity contribution in [3.8, 4) is 0 Å². The molecule has 0 spiro atoms. The van der Waals surface area contributed by atoms with Crippen LogP contribution in [-0.4, -0.2) is 35.0 Å². The Morgan fingerprint density at radius 3 is 2.38 bits per heavy atom. The van der Waals surface area contributed by atoms with Crippen molar-refractivity contribution in [2.75, 3.05) is 20.1 Å². The Morgan fingerprint density at radius 2 is 1.88 bits per heavy atom. The maximum absolute atomic E-state index is 5.46. The van der Waals surface area contributed by atoms with E-state index >= 15 is 0 Å². The van der Waals surface area contributed by atoms with Crippen LogP contribution < -0.4 is 5.73 Å². The molecule has 0 aromatic carbocycles. The quantitative estimate of drug-likeness (QED) is 0.846. The van der Waals surface area contributed by atoms with Gasteiger partial charge < -0.3 is 10.6 Å². The molecule has 1 aromatic rings. The summed E-state index contributed by atoms with van der Waals surface area (Å²) in [5.41, 5.74) is 6.73. The first kappa shape index (κ1) is 13.4. The van der Waals surface area contributed by atoms with Gasteiger partial charge in [-0.1, -0.05) is 0 Å². The zero-order valence-corrected chi connectivity index (χ0v) is 10.4. The van der Waals surface area contributed by atoms with E-state index in [-0.39, 0.29) is 12.4 Å². The van der Waals surface area contributed by atoms with Crippen molar-refractivity contribution in [3.63, 3.8) is 0 Å². The van der Waals surface area contributed by atoms with E-state index in [1.165, 1.54) is 31.5 Å². The molecule has 0 atom stereocenters. The summed E-state index contributed by atoms with van der Waals surface area (Å²) in [5, 5.41) is 0. The SMILES string of the molecule is CN1CCC(c2cnc(CN)nc2)CC1.Cl. The van der Waals surface area contributed by atoms with E-state index in [0.717, 1.165) is 5.82 Å². The predicted molar refractivity (Wildman–Crippen MR) is 66.6 cm³/mol. The van der Waals surface area contributed by atoms with Gasteiger partial charge in [0.05, 0.1) is 6.54 Å². The van der Waals surface area contributed by atoms with Gasteiger partial charge in [0.2, 0.25) is 0 Å². The summed E-state index contributed by atoms with van der Waals surface area (Å²) in [5.74, 6) is 1.36. The Hall–Kier alpha value is -0.710. The topological polar surface area (TPSA) is 55.0 Å². The molecule has 0 unspecified atom stereocenters. The lowest BCUT2D eigenvalue weighted by atomic mass is 9.91. The lowest BCUT2D eigenvalue weighted by molar-refractivity contribution is 0.255. The highest BCUT2D eigenvalue weighted by Crippen LogP contribution is 2.26. The summed E-state index contributed by atoms with van der Waals surface area (Å²) in [4.78, 5) is 10.9. The third-order valence-corrected chi connectivity index (χ3v) is 3.10. The monoisotopic (exact) mass is 242 g/mol. The van der Waals surface area contributed by atoms with E-state index < -0.39 is 0 Å². The number of aromatic nitrogens is 2. The number of nitrogens with two attached hydrogens (primary N) is 1. The molecule has 2 heterocycles. The molecule has 0 bridgehead atoms. The lowest BCUT2D eigenvalue weighted by Gasteiger charge is -2.28. The van der Waals surface area contributed by atoms with Crippen molar-refractivity contribution < 1.29 is 0 Å². The first-order valence-electron chi connectivity index (χ1n) is 5.49. The van der Waals surface area contributed by atoms with E-state index in [2.05, 4.69) is 21.9 Å². The van der Waals surface area contributed by atoms with Crippen molar-refractivity contribution >= 4 is 12.4 Å². The summed E-state index contributed by atoms with van der Waals surface area (Å²) < 4.78 is 0. The molecule has 0 radical (unpaired) electrons. The van der Waals surface area contributed by atoms with Gasteiger partial charge in [0.15, 0.2) is 0 Å². The first-order chi connectivity index (χ1) is 7.29. The van der Waals surface area contributed by atoms with Gasteiger partial charge in [-0.25, -0.2) is 9.97 Å². The van der Waals surface area contributed by atoms with Crippen LogP contribution in [0.2, 0.25) is 0 Å². The fraction of sp³-hybridized carbons (Fsp3) is 0.636. The van der Waals surface area contributed by atoms with E-state index in [1.807, 2.05) is 12.4 Å². The number of hydrogen-bond donors (Lipinski definition) is 1. The Bertz CT molecular complexity index is 306. The van der Waals surface area contributed by atoms with Gasteiger partial charge in [-0.2, -0.15) is 0 Å². The van der Waals surface area contributed by atoms with Crippen LogP contribution in [0.1, 0.15) is 30.1 Å². The maximum Gasteiger partial charge on any atom is 0.141 e. The molecule has 1 saturated heterocycles. The van der Waals surface area contributed by atoms with Crippen molar-refractivity contribution in [1.29, 1.82) is 0 Å². The van der Waals surface area contributed by atoms with Gasteiger partial charge in [-0.05, 0) is 44.5 Å². The van der Waals surface area contributed by atoms with Crippen LogP contribution in [0.3, 0.4) is 0 Å². The third kappa shape index (κ3) is 3.14. The zero-order valence-electron chi connectivity index (χ0n) is 9.59. The summed E-state index contributed by atoms with van der Waals surface area (Å²) in [7, 11) is 2.17. The first-order valence-corrected chi connectivity index (χ1v) is 5.49. The number of piperidine rings is 1. The van der Waals surface area contributed by atoms with Gasteiger partial charge in [0.25, 0.3) is 0 Å². The van der Waals surface area contributed by atoms with E-state index in [1.54, 1.807) is 0 Å². The van der Waals surface area contributed by atoms with Gasteiger partial charge in [-0.15, -0.1) is 12.4 Å². The number of hydrogen-bond acceptors (Lipinski definition) is 4. The second-order valence-electron chi connectivity index (χ2n) is 4.21. The predicted octanol–water partition coefficient (Wildman–Crippen LogP) is 1.17. The minimum absolute atomic E-state index is 0. The molecule has 0 aliphatic carbocycles. The standard InChI is InChI=1S/C11H18N4.ClH/c1-15-4-2-9(3-5-15)10-7-13-11(6-12)14-8-10;/h7-9H,2-6,12H2,1H3;1H. The Balaban J connectivity index is 0.00000128. The van der Waals surface area contributed by atoms with Crippen LogP contribution in [0.15, 0.2) is 12.4 Å². The molecule has 5 heteroatoms. The van der Waals surface area contributed by atoms with Crippen LogP contribution in [0.5, 0.6) is 0 Å². The maximum atomic E-state index is 5.46. The molecule has 16 heavy (non-hydrogen) atoms. The second kappa shape index (κ2) is 6.13. The molecule has 90 valence electrons. The zero-order chi connectivity index (χ0) is 10.7. The Kier molecular flexibility index (Phi) is 5.12. The minimum atomic E-state index is 0. The van der Waals surface area contributed by atoms with Crippen molar-refractivity contribution in [2.45, 2.75) is 25.3 Å². The Morgan fingerprint density at radius 1 is 1.31 bits per heavy atom. The highest BCUT2D eigenvalue weighted by Gasteiger charge is 2.18. The average molecular weight is 243 g/mol. The number of rotatable bonds is 2. The van der Waals surface area contributed by atoms with Crippen molar-refractivity contribution in [3.05, 3.63) is 23.8 Å². The molecule has 1 aromatic heterocycles. The van der Waals surface area contributed by atoms with Crippen LogP contribution in [0, 0.1) is 0 Å². The third-order valence-electron chi connectivity index (χ3n) is 3.10. The molecule has 4 nitrogen and oxygen atoms in total. The summed E-state index contributed by atoms with van der Waals surface area (Å²) in [6.45, 7) is 2.76. The van der Waals surface area contributed by atoms with E-state index in [0.29, 0.717) is 12.5 Å². The number of nitrogens with zero attached hydrogens (tertiary/aromatic N) is 3. The fourth-order valence-electron chi connectivity index (χ4n) is 2.02. The second-order valence-corrected chi connectivity index (χ2v) is 4.21. The molecule has 1 aliphatic heterocycles. The molecule has 2 N–H and O–H groups in total. The Labute approximate surface area is 103 Å². The molecule has 2 rings (SSSR count). The van der Waals surface area contributed by atoms with Gasteiger partial charge >= 0.3 is 0 Å². The molecule has 1 aliphatic rings. The lowest BCUT2D eigenvalue weighted by Crippen LogP contribution is -2.29. The van der Waals surface area contributed by atoms with E-state index in [4.69, 9.17) is 5.73 Å². The van der Waals surface area contributed by atoms with Crippen molar-refractivity contribution in [2.24, 2.45) is 5.73 Å². The van der Waals surface area contributed by atoms with Crippen LogP contribution in [0.25, 0.3) is 0 Å². The molecular formula is C11H19ClN4. The molecule has 1 fully saturated rings. The highest BCUT2D eigenvalue weighted by molar-refractivity contribution is 5.85. The number of likely N-dealkylation sites (tertiary alicyclic amines) is 1. The summed E-state index contributed by atoms with van der Waals surface area (Å²) >= 11 is 0. The van der Waals surface area contributed by atoms with Crippen LogP contribution >= 0.6 is 12.4 Å². The smallest absolute Gasteiger partial charge is 0.141 e. The normalized spacial score (nSPS) is 18.1. The molecular weight excluding hydrogens is 224 g/mol. The van der Waals surface area contributed by atoms with E-state index in [9.17, 15) is 0 Å². The van der Waals surface area contributed by atoms with Gasteiger partial charge in [0, 0.05) is 12.4 Å². The van der Waals surface area contributed by atoms with Crippen LogP contribution in [0.4, 0.5) is 0 Å². The summed E-state index contributed by atoms with van der Waals surface area (Å²) in [6, 6.07) is 0. The molecule has 0 amide bonds. The number of halogens is 1. The largest absolute Gasteiger partial charge is 0.324 e. The fourth-order valence-corrected chi connectivity index (χ4v) is 2.02. The van der Waals surface area contributed by atoms with Gasteiger partial charge in [-0.3, -0.25) is 0 Å². The highest BCUT2D eigenvalue weighted by atomic mass is 35.5. The average Bonchev–Trinajstić information content (AvgIpc) is 2.30. The van der Waals surface area contributed by atoms with Crippen molar-refractivity contribution in [1.82, 2.24) is 14.9 Å².